The van der Waals surface area contributed by atoms with Crippen LogP contribution in [-0.4, -0.2) is 4.98 Å². The molecule has 0 unspecified atom stereocenters. The minimum absolute atomic E-state index is 1.15. The van der Waals surface area contributed by atoms with Crippen molar-refractivity contribution in [3.05, 3.63) is 35.5 Å². The summed E-state index contributed by atoms with van der Waals surface area (Å²) in [7, 11) is 0. The highest BCUT2D eigenvalue weighted by Crippen LogP contribution is 2.15. The van der Waals surface area contributed by atoms with E-state index in [0.717, 1.165) is 12.8 Å². The van der Waals surface area contributed by atoms with E-state index < -0.39 is 0 Å². The van der Waals surface area contributed by atoms with Crippen LogP contribution in [-0.2, 0) is 12.8 Å². The smallest absolute Gasteiger partial charge is 0.0409 e. The fraction of sp³-hybridized carbons (Fsp3) is 0.760. The molecule has 1 heterocycles. The molecule has 0 atom stereocenters. The minimum atomic E-state index is 1.15. The first-order valence-electron chi connectivity index (χ1n) is 11.6. The van der Waals surface area contributed by atoms with Gasteiger partial charge in [-0.2, -0.15) is 0 Å². The van der Waals surface area contributed by atoms with Gasteiger partial charge in [0.15, 0.2) is 0 Å². The monoisotopic (exact) mass is 358 g/mol. The summed E-state index contributed by atoms with van der Waals surface area (Å²) < 4.78 is 0. The molecule has 0 spiro atoms. The maximum absolute atomic E-state index is 4.96. The van der Waals surface area contributed by atoms with Gasteiger partial charge in [0.05, 0.1) is 0 Å². The third-order valence-corrected chi connectivity index (χ3v) is 5.36. The number of hydrogen-bond donors (Lipinski definition) is 0. The molecule has 0 bridgehead atoms. The van der Waals surface area contributed by atoms with Crippen molar-refractivity contribution in [1.29, 1.82) is 0 Å². The predicted octanol–water partition coefficient (Wildman–Crippen LogP) is 8.24. The first-order valence-corrected chi connectivity index (χ1v) is 11.6. The van der Waals surface area contributed by atoms with Gasteiger partial charge in [0.1, 0.15) is 0 Å². The zero-order valence-corrected chi connectivity index (χ0v) is 18.0. The van der Waals surface area contributed by atoms with Gasteiger partial charge in [-0.3, -0.25) is 4.98 Å². The number of aromatic nitrogens is 1. The van der Waals surface area contributed by atoms with Crippen molar-refractivity contribution in [3.63, 3.8) is 0 Å². The van der Waals surface area contributed by atoms with Crippen LogP contribution in [0.25, 0.3) is 0 Å². The maximum atomic E-state index is 4.96. The van der Waals surface area contributed by atoms with Gasteiger partial charge in [-0.15, -0.1) is 0 Å². The van der Waals surface area contributed by atoms with Gasteiger partial charge < -0.3 is 0 Å². The van der Waals surface area contributed by atoms with E-state index in [9.17, 15) is 0 Å². The summed E-state index contributed by atoms with van der Waals surface area (Å²) in [6.07, 6.45) is 23.8. The van der Waals surface area contributed by atoms with E-state index >= 15 is 0 Å². The number of nitrogens with zero attached hydrogens (tertiary/aromatic N) is 1. The van der Waals surface area contributed by atoms with Crippen LogP contribution in [0.4, 0.5) is 0 Å². The van der Waals surface area contributed by atoms with Crippen LogP contribution in [0.1, 0.15) is 128 Å². The first kappa shape index (κ1) is 23.2. The molecule has 1 radical (unpaired) electrons. The van der Waals surface area contributed by atoms with Crippen LogP contribution >= 0.6 is 0 Å². The molecule has 149 valence electrons. The van der Waals surface area contributed by atoms with E-state index in [2.05, 4.69) is 39.3 Å². The highest BCUT2D eigenvalue weighted by molar-refractivity contribution is 5.27. The number of hydrogen-bond acceptors (Lipinski definition) is 1. The largest absolute Gasteiger partial charge is 0.258 e. The van der Waals surface area contributed by atoms with Gasteiger partial charge in [0.25, 0.3) is 0 Å². The van der Waals surface area contributed by atoms with Crippen LogP contribution in [0.5, 0.6) is 0 Å². The molecule has 1 nitrogen and oxygen atoms in total. The first-order chi connectivity index (χ1) is 12.8. The van der Waals surface area contributed by atoms with Gasteiger partial charge in [0.2, 0.25) is 0 Å². The molecule has 0 N–H and O–H groups in total. The van der Waals surface area contributed by atoms with E-state index in [-0.39, 0.29) is 0 Å². The third kappa shape index (κ3) is 11.7. The Labute approximate surface area is 164 Å². The Kier molecular flexibility index (Phi) is 14.6. The van der Waals surface area contributed by atoms with Gasteiger partial charge in [-0.25, -0.2) is 0 Å². The van der Waals surface area contributed by atoms with Crippen LogP contribution in [0.15, 0.2) is 12.1 Å². The fourth-order valence-corrected chi connectivity index (χ4v) is 3.62. The number of aryl methyl sites for hydroxylation is 2. The van der Waals surface area contributed by atoms with Crippen molar-refractivity contribution >= 4 is 0 Å². The maximum Gasteiger partial charge on any atom is 0.0409 e. The molecule has 0 saturated carbocycles. The molecule has 1 aromatic heterocycles. The van der Waals surface area contributed by atoms with Crippen LogP contribution in [0.3, 0.4) is 0 Å². The van der Waals surface area contributed by atoms with Gasteiger partial charge in [0, 0.05) is 11.4 Å². The topological polar surface area (TPSA) is 12.9 Å². The summed E-state index contributed by atoms with van der Waals surface area (Å²) in [5, 5.41) is 0. The molecule has 0 aliphatic heterocycles. The Balaban J connectivity index is 2.28. The van der Waals surface area contributed by atoms with E-state index in [4.69, 9.17) is 4.98 Å². The molecular formula is C25H44N. The molecule has 26 heavy (non-hydrogen) atoms. The van der Waals surface area contributed by atoms with Crippen molar-refractivity contribution < 1.29 is 0 Å². The Hall–Kier alpha value is -0.850. The summed E-state index contributed by atoms with van der Waals surface area (Å²) >= 11 is 0. The van der Waals surface area contributed by atoms with Crippen molar-refractivity contribution in [3.8, 4) is 0 Å². The highest BCUT2D eigenvalue weighted by Gasteiger charge is 2.03. The molecule has 0 saturated heterocycles. The van der Waals surface area contributed by atoms with E-state index in [1.54, 1.807) is 0 Å². The van der Waals surface area contributed by atoms with E-state index in [1.807, 2.05) is 0 Å². The van der Waals surface area contributed by atoms with Crippen molar-refractivity contribution in [1.82, 2.24) is 4.98 Å². The SMILES string of the molecule is C[CH]c1cc(CCCCCCCCC)nc(CCCCCCCCC)c1. The summed E-state index contributed by atoms with van der Waals surface area (Å²) in [5.74, 6) is 0. The molecule has 0 fully saturated rings. The second kappa shape index (κ2) is 16.3. The lowest BCUT2D eigenvalue weighted by Crippen LogP contribution is -1.99. The third-order valence-electron chi connectivity index (χ3n) is 5.36. The molecule has 1 rings (SSSR count). The van der Waals surface area contributed by atoms with Gasteiger partial charge in [-0.1, -0.05) is 97.8 Å². The molecule has 0 aliphatic rings. The van der Waals surface area contributed by atoms with E-state index in [0.29, 0.717) is 0 Å². The normalized spacial score (nSPS) is 11.2. The highest BCUT2D eigenvalue weighted by atomic mass is 14.7. The average molecular weight is 359 g/mol. The second-order valence-electron chi connectivity index (χ2n) is 7.91. The lowest BCUT2D eigenvalue weighted by atomic mass is 10.0. The molecule has 1 heteroatoms. The van der Waals surface area contributed by atoms with Gasteiger partial charge >= 0.3 is 0 Å². The van der Waals surface area contributed by atoms with Crippen molar-refractivity contribution in [2.24, 2.45) is 0 Å². The number of pyridine rings is 1. The zero-order chi connectivity index (χ0) is 18.9. The Morgan fingerprint density at radius 3 is 1.38 bits per heavy atom. The van der Waals surface area contributed by atoms with Gasteiger partial charge in [-0.05, 0) is 49.8 Å². The minimum Gasteiger partial charge on any atom is -0.258 e. The van der Waals surface area contributed by atoms with Crippen LogP contribution in [0, 0.1) is 6.42 Å². The molecule has 1 aromatic rings. The Bertz CT molecular complexity index is 402. The summed E-state index contributed by atoms with van der Waals surface area (Å²) in [4.78, 5) is 4.96. The Morgan fingerprint density at radius 1 is 0.615 bits per heavy atom. The molecule has 0 amide bonds. The van der Waals surface area contributed by atoms with Crippen LogP contribution in [0.2, 0.25) is 0 Å². The lowest BCUT2D eigenvalue weighted by Gasteiger charge is -2.08. The number of unbranched alkanes of at least 4 members (excludes halogenated alkanes) is 12. The molecule has 0 aromatic carbocycles. The predicted molar refractivity (Wildman–Crippen MR) is 117 cm³/mol. The number of rotatable bonds is 17. The Morgan fingerprint density at radius 2 is 1.00 bits per heavy atom. The van der Waals surface area contributed by atoms with Crippen molar-refractivity contribution in [2.45, 2.75) is 124 Å². The molecule has 0 aliphatic carbocycles. The summed E-state index contributed by atoms with van der Waals surface area (Å²) in [6, 6.07) is 4.59. The molecular weight excluding hydrogens is 314 g/mol. The average Bonchev–Trinajstić information content (AvgIpc) is 2.66. The van der Waals surface area contributed by atoms with Crippen LogP contribution < -0.4 is 0 Å². The summed E-state index contributed by atoms with van der Waals surface area (Å²) in [6.45, 7) is 6.71. The second-order valence-corrected chi connectivity index (χ2v) is 7.91. The fourth-order valence-electron chi connectivity index (χ4n) is 3.62. The van der Waals surface area contributed by atoms with Crippen molar-refractivity contribution in [2.75, 3.05) is 0 Å². The standard InChI is InChI=1S/C25H44N/c1-4-7-9-11-13-15-17-19-24-21-23(6-3)22-25(26-24)20-18-16-14-12-10-8-5-2/h6,21-22H,4-5,7-20H2,1-3H3. The quantitative estimate of drug-likeness (QED) is 0.255. The zero-order valence-electron chi connectivity index (χ0n) is 18.0. The lowest BCUT2D eigenvalue weighted by molar-refractivity contribution is 0.582. The summed E-state index contributed by atoms with van der Waals surface area (Å²) in [5.41, 5.74) is 3.98. The van der Waals surface area contributed by atoms with E-state index in [1.165, 1.54) is 107 Å².